The Hall–Kier alpha value is -2.06. The van der Waals surface area contributed by atoms with E-state index < -0.39 is 24.3 Å². The molecule has 2 saturated heterocycles. The molecule has 1 spiro atoms. The van der Waals surface area contributed by atoms with E-state index in [1.165, 1.54) is 45.3 Å². The van der Waals surface area contributed by atoms with Crippen LogP contribution in [0.4, 0.5) is 26.3 Å². The van der Waals surface area contributed by atoms with Crippen molar-refractivity contribution in [3.05, 3.63) is 29.6 Å². The summed E-state index contributed by atoms with van der Waals surface area (Å²) in [6, 6.07) is 6.17. The van der Waals surface area contributed by atoms with E-state index in [2.05, 4.69) is 33.8 Å². The van der Waals surface area contributed by atoms with E-state index in [-0.39, 0.29) is 0 Å². The number of hydrogen-bond donors (Lipinski definition) is 2. The fraction of sp³-hybridized carbons (Fsp3) is 0.682. The van der Waals surface area contributed by atoms with Crippen LogP contribution in [0.15, 0.2) is 18.2 Å². The van der Waals surface area contributed by atoms with E-state index in [0.29, 0.717) is 17.5 Å². The van der Waals surface area contributed by atoms with Crippen LogP contribution in [-0.4, -0.2) is 80.6 Å². The smallest absolute Gasteiger partial charge is 0.475 e. The number of carboxylic acid groups (broad SMARTS) is 2. The maximum Gasteiger partial charge on any atom is 0.490 e. The average molecular weight is 547 g/mol. The lowest BCUT2D eigenvalue weighted by molar-refractivity contribution is -0.193. The molecule has 0 bridgehead atoms. The topological polar surface area (TPSA) is 100.0 Å². The monoisotopic (exact) mass is 546 g/mol. The van der Waals surface area contributed by atoms with E-state index in [1.54, 1.807) is 0 Å². The number of thioether (sulfide) groups is 1. The van der Waals surface area contributed by atoms with Crippen LogP contribution in [0.3, 0.4) is 0 Å². The van der Waals surface area contributed by atoms with Crippen molar-refractivity contribution in [1.82, 2.24) is 9.88 Å². The zero-order valence-electron chi connectivity index (χ0n) is 19.4. The van der Waals surface area contributed by atoms with Gasteiger partial charge in [0.2, 0.25) is 0 Å². The number of rotatable bonds is 5. The van der Waals surface area contributed by atoms with Gasteiger partial charge in [-0.15, -0.1) is 11.8 Å². The van der Waals surface area contributed by atoms with Crippen molar-refractivity contribution in [2.24, 2.45) is 5.92 Å². The first-order valence-electron chi connectivity index (χ1n) is 11.1. The molecular formula is C22H28F6N2O5S. The van der Waals surface area contributed by atoms with Crippen LogP contribution in [-0.2, 0) is 20.9 Å². The van der Waals surface area contributed by atoms with Crippen molar-refractivity contribution in [3.8, 4) is 0 Å². The fourth-order valence-corrected chi connectivity index (χ4v) is 5.56. The SMILES string of the molecule is Cc1cccc(COC2CSC3(C2)CN(CC2CCC2)C3)n1.O=C(O)C(F)(F)F.O=C(O)C(F)(F)F. The first-order valence-corrected chi connectivity index (χ1v) is 12.1. The third-order valence-electron chi connectivity index (χ3n) is 5.84. The number of likely N-dealkylation sites (tertiary alicyclic amines) is 1. The van der Waals surface area contributed by atoms with E-state index in [9.17, 15) is 26.3 Å². The van der Waals surface area contributed by atoms with Crippen LogP contribution in [0.5, 0.6) is 0 Å². The van der Waals surface area contributed by atoms with Crippen molar-refractivity contribution in [2.45, 2.75) is 62.4 Å². The number of aromatic nitrogens is 1. The molecule has 1 saturated carbocycles. The Labute approximate surface area is 208 Å². The molecule has 2 N–H and O–H groups in total. The molecule has 3 fully saturated rings. The molecule has 3 heterocycles. The summed E-state index contributed by atoms with van der Waals surface area (Å²) in [4.78, 5) is 25.0. The number of alkyl halides is 6. The molecule has 7 nitrogen and oxygen atoms in total. The molecule has 2 aliphatic heterocycles. The van der Waals surface area contributed by atoms with Crippen molar-refractivity contribution < 1.29 is 50.9 Å². The van der Waals surface area contributed by atoms with Crippen LogP contribution in [0.25, 0.3) is 0 Å². The summed E-state index contributed by atoms with van der Waals surface area (Å²) in [7, 11) is 0. The average Bonchev–Trinajstić information content (AvgIpc) is 3.12. The largest absolute Gasteiger partial charge is 0.490 e. The minimum Gasteiger partial charge on any atom is -0.475 e. The lowest BCUT2D eigenvalue weighted by atomic mass is 9.83. The number of aliphatic carboxylic acids is 2. The molecular weight excluding hydrogens is 518 g/mol. The molecule has 36 heavy (non-hydrogen) atoms. The first kappa shape index (κ1) is 30.2. The molecule has 4 rings (SSSR count). The van der Waals surface area contributed by atoms with Crippen LogP contribution >= 0.6 is 11.8 Å². The van der Waals surface area contributed by atoms with Gasteiger partial charge in [0.1, 0.15) is 0 Å². The van der Waals surface area contributed by atoms with Crippen LogP contribution < -0.4 is 0 Å². The van der Waals surface area contributed by atoms with Gasteiger partial charge in [-0.3, -0.25) is 4.98 Å². The van der Waals surface area contributed by atoms with Crippen LogP contribution in [0.2, 0.25) is 0 Å². The van der Waals surface area contributed by atoms with Gasteiger partial charge in [-0.2, -0.15) is 26.3 Å². The minimum absolute atomic E-state index is 0.415. The Kier molecular flexibility index (Phi) is 10.4. The minimum atomic E-state index is -5.08. The molecule has 1 aromatic rings. The zero-order valence-corrected chi connectivity index (χ0v) is 20.3. The van der Waals surface area contributed by atoms with Gasteiger partial charge in [0, 0.05) is 35.8 Å². The van der Waals surface area contributed by atoms with Gasteiger partial charge in [0.05, 0.1) is 18.4 Å². The highest BCUT2D eigenvalue weighted by molar-refractivity contribution is 8.01. The second kappa shape index (κ2) is 12.5. The number of pyridine rings is 1. The highest BCUT2D eigenvalue weighted by Crippen LogP contribution is 2.47. The second-order valence-corrected chi connectivity index (χ2v) is 10.5. The Bertz CT molecular complexity index is 864. The van der Waals surface area contributed by atoms with E-state index >= 15 is 0 Å². The summed E-state index contributed by atoms with van der Waals surface area (Å²) in [5.74, 6) is -3.36. The predicted molar refractivity (Wildman–Crippen MR) is 119 cm³/mol. The maximum atomic E-state index is 10.6. The van der Waals surface area contributed by atoms with Gasteiger partial charge in [-0.1, -0.05) is 12.5 Å². The Balaban J connectivity index is 0.000000271. The van der Waals surface area contributed by atoms with Gasteiger partial charge >= 0.3 is 24.3 Å². The number of carboxylic acids is 2. The molecule has 204 valence electrons. The maximum absolute atomic E-state index is 10.6. The Morgan fingerprint density at radius 3 is 2.11 bits per heavy atom. The normalized spacial score (nSPS) is 21.4. The number of aryl methyl sites for hydroxylation is 1. The van der Waals surface area contributed by atoms with E-state index in [0.717, 1.165) is 23.1 Å². The lowest BCUT2D eigenvalue weighted by Gasteiger charge is -2.49. The number of halogens is 6. The van der Waals surface area contributed by atoms with E-state index in [4.69, 9.17) is 24.5 Å². The predicted octanol–water partition coefficient (Wildman–Crippen LogP) is 4.53. The van der Waals surface area contributed by atoms with Crippen molar-refractivity contribution in [2.75, 3.05) is 25.4 Å². The number of ether oxygens (including phenoxy) is 1. The highest BCUT2D eigenvalue weighted by atomic mass is 32.2. The van der Waals surface area contributed by atoms with Gasteiger partial charge in [-0.25, -0.2) is 9.59 Å². The fourth-order valence-electron chi connectivity index (χ4n) is 3.95. The van der Waals surface area contributed by atoms with Crippen LogP contribution in [0.1, 0.15) is 37.1 Å². The molecule has 14 heteroatoms. The number of carbonyl (C=O) groups is 2. The third kappa shape index (κ3) is 9.77. The Morgan fingerprint density at radius 2 is 1.67 bits per heavy atom. The quantitative estimate of drug-likeness (QED) is 0.520. The second-order valence-electron chi connectivity index (χ2n) is 8.97. The molecule has 0 aromatic carbocycles. The summed E-state index contributed by atoms with van der Waals surface area (Å²) in [5, 5.41) is 14.2. The number of hydrogen-bond acceptors (Lipinski definition) is 6. The standard InChI is InChI=1S/C18H26N2OS.2C2HF3O2/c1-14-4-2-7-16(19-14)10-21-17-8-18(22-11-17)12-20(13-18)9-15-5-3-6-15;2*3-2(4,5)1(6)7/h2,4,7,15,17H,3,5-6,8-13H2,1H3;2*(H,6,7). The van der Waals surface area contributed by atoms with Crippen molar-refractivity contribution in [3.63, 3.8) is 0 Å². The van der Waals surface area contributed by atoms with Gasteiger partial charge in [0.15, 0.2) is 0 Å². The van der Waals surface area contributed by atoms with Gasteiger partial charge in [0.25, 0.3) is 0 Å². The molecule has 0 radical (unpaired) electrons. The third-order valence-corrected chi connectivity index (χ3v) is 7.41. The van der Waals surface area contributed by atoms with E-state index in [1.807, 2.05) is 13.0 Å². The summed E-state index contributed by atoms with van der Waals surface area (Å²) >= 11 is 2.15. The van der Waals surface area contributed by atoms with Gasteiger partial charge in [-0.05, 0) is 44.2 Å². The molecule has 1 aliphatic carbocycles. The number of nitrogens with zero attached hydrogens (tertiary/aromatic N) is 2. The molecule has 3 aliphatic rings. The summed E-state index contributed by atoms with van der Waals surface area (Å²) < 4.78 is 70.1. The summed E-state index contributed by atoms with van der Waals surface area (Å²) in [6.07, 6.45) is -4.14. The summed E-state index contributed by atoms with van der Waals surface area (Å²) in [6.45, 7) is 6.62. The molecule has 1 atom stereocenters. The van der Waals surface area contributed by atoms with Crippen molar-refractivity contribution in [1.29, 1.82) is 0 Å². The molecule has 1 aromatic heterocycles. The highest BCUT2D eigenvalue weighted by Gasteiger charge is 2.49. The van der Waals surface area contributed by atoms with Crippen molar-refractivity contribution >= 4 is 23.7 Å². The Morgan fingerprint density at radius 1 is 1.11 bits per heavy atom. The lowest BCUT2D eigenvalue weighted by Crippen LogP contribution is -2.60. The summed E-state index contributed by atoms with van der Waals surface area (Å²) in [5.41, 5.74) is 2.13. The van der Waals surface area contributed by atoms with Crippen LogP contribution in [0, 0.1) is 12.8 Å². The first-order chi connectivity index (χ1) is 16.6. The molecule has 1 unspecified atom stereocenters. The van der Waals surface area contributed by atoms with Gasteiger partial charge < -0.3 is 19.8 Å². The molecule has 0 amide bonds. The zero-order chi connectivity index (χ0) is 27.1.